The van der Waals surface area contributed by atoms with Gasteiger partial charge >= 0.3 is 6.03 Å². The Labute approximate surface area is 164 Å². The Morgan fingerprint density at radius 1 is 1.07 bits per heavy atom. The van der Waals surface area contributed by atoms with Gasteiger partial charge in [-0.15, -0.1) is 0 Å². The van der Waals surface area contributed by atoms with E-state index in [0.29, 0.717) is 17.0 Å². The largest absolute Gasteiger partial charge is 0.360 e. The Hall–Kier alpha value is -2.57. The molecule has 4 rings (SSSR count). The number of carbonyl (C=O) groups is 2. The maximum absolute atomic E-state index is 13.2. The molecule has 0 spiro atoms. The van der Waals surface area contributed by atoms with Crippen LogP contribution in [0, 0.1) is 5.82 Å². The van der Waals surface area contributed by atoms with Crippen molar-refractivity contribution in [3.8, 4) is 0 Å². The number of hydrogen-bond donors (Lipinski definition) is 2. The number of aromatic amines is 1. The molecule has 138 valence electrons. The minimum absolute atomic E-state index is 0.0139. The van der Waals surface area contributed by atoms with E-state index in [1.54, 1.807) is 12.3 Å². The van der Waals surface area contributed by atoms with Gasteiger partial charge in [-0.1, -0.05) is 41.4 Å². The predicted molar refractivity (Wildman–Crippen MR) is 101 cm³/mol. The number of rotatable bonds is 4. The number of carbonyl (C=O) groups excluding carboxylic acids is 2. The number of hydrogen-bond acceptors (Lipinski definition) is 2. The van der Waals surface area contributed by atoms with Crippen LogP contribution in [-0.2, 0) is 17.8 Å². The summed E-state index contributed by atoms with van der Waals surface area (Å²) < 4.78 is 13.2. The first kappa shape index (κ1) is 17.8. The van der Waals surface area contributed by atoms with E-state index in [2.05, 4.69) is 10.3 Å². The van der Waals surface area contributed by atoms with Crippen molar-refractivity contribution >= 4 is 46.0 Å². The number of amides is 3. The number of imide groups is 1. The minimum Gasteiger partial charge on any atom is -0.360 e. The number of para-hydroxylation sites is 1. The molecule has 0 saturated carbocycles. The van der Waals surface area contributed by atoms with Crippen LogP contribution in [0.25, 0.3) is 10.9 Å². The highest BCUT2D eigenvalue weighted by molar-refractivity contribution is 6.35. The summed E-state index contributed by atoms with van der Waals surface area (Å²) >= 11 is 12.2. The molecule has 1 aliphatic rings. The van der Waals surface area contributed by atoms with Gasteiger partial charge in [0.1, 0.15) is 11.9 Å². The van der Waals surface area contributed by atoms with Crippen LogP contribution in [0.3, 0.4) is 0 Å². The molecule has 2 N–H and O–H groups in total. The van der Waals surface area contributed by atoms with Gasteiger partial charge in [-0.3, -0.25) is 9.69 Å². The lowest BCUT2D eigenvalue weighted by Crippen LogP contribution is -2.32. The van der Waals surface area contributed by atoms with Crippen molar-refractivity contribution in [3.63, 3.8) is 0 Å². The maximum atomic E-state index is 13.2. The Kier molecular flexibility index (Phi) is 4.53. The molecule has 0 radical (unpaired) electrons. The van der Waals surface area contributed by atoms with Crippen LogP contribution in [0.1, 0.15) is 11.1 Å². The summed E-state index contributed by atoms with van der Waals surface area (Å²) in [4.78, 5) is 29.2. The standard InChI is InChI=1S/C19H14Cl2FN3O2/c20-14-3-1-2-13-11(8-23-17(13)14)6-16-18(26)25(19(27)24-16)9-10-4-5-12(22)7-15(10)21/h1-5,7-8,16,23H,6,9H2,(H,24,27). The average molecular weight is 406 g/mol. The molecule has 0 aliphatic carbocycles. The molecule has 1 fully saturated rings. The maximum Gasteiger partial charge on any atom is 0.325 e. The lowest BCUT2D eigenvalue weighted by atomic mass is 10.0. The van der Waals surface area contributed by atoms with Crippen molar-refractivity contribution in [1.29, 1.82) is 0 Å². The van der Waals surface area contributed by atoms with E-state index < -0.39 is 17.9 Å². The second-order valence-corrected chi connectivity index (χ2v) is 7.16. The molecule has 1 saturated heterocycles. The van der Waals surface area contributed by atoms with Gasteiger partial charge in [0.15, 0.2) is 0 Å². The van der Waals surface area contributed by atoms with Gasteiger partial charge in [0.05, 0.1) is 17.1 Å². The van der Waals surface area contributed by atoms with Crippen molar-refractivity contribution in [2.75, 3.05) is 0 Å². The summed E-state index contributed by atoms with van der Waals surface area (Å²) in [6.07, 6.45) is 2.12. The molecule has 1 aromatic heterocycles. The molecule has 2 aromatic carbocycles. The summed E-state index contributed by atoms with van der Waals surface area (Å²) in [5, 5.41) is 4.37. The van der Waals surface area contributed by atoms with Crippen molar-refractivity contribution in [2.45, 2.75) is 19.0 Å². The number of H-pyrrole nitrogens is 1. The third kappa shape index (κ3) is 3.26. The molecule has 3 amide bonds. The van der Waals surface area contributed by atoms with Gasteiger partial charge in [-0.2, -0.15) is 0 Å². The lowest BCUT2D eigenvalue weighted by molar-refractivity contribution is -0.127. The van der Waals surface area contributed by atoms with E-state index in [1.807, 2.05) is 12.1 Å². The van der Waals surface area contributed by atoms with Crippen LogP contribution in [0.5, 0.6) is 0 Å². The molecule has 0 bridgehead atoms. The monoisotopic (exact) mass is 405 g/mol. The number of benzene rings is 2. The first-order valence-corrected chi connectivity index (χ1v) is 9.00. The molecular formula is C19H14Cl2FN3O2. The fourth-order valence-electron chi connectivity index (χ4n) is 3.25. The van der Waals surface area contributed by atoms with Crippen LogP contribution >= 0.6 is 23.2 Å². The van der Waals surface area contributed by atoms with Gasteiger partial charge < -0.3 is 10.3 Å². The Balaban J connectivity index is 1.54. The molecule has 1 atom stereocenters. The number of urea groups is 1. The van der Waals surface area contributed by atoms with Gasteiger partial charge in [0.2, 0.25) is 0 Å². The molecule has 1 unspecified atom stereocenters. The molecule has 8 heteroatoms. The summed E-state index contributed by atoms with van der Waals surface area (Å²) in [7, 11) is 0. The topological polar surface area (TPSA) is 65.2 Å². The predicted octanol–water partition coefficient (Wildman–Crippen LogP) is 4.28. The number of aromatic nitrogens is 1. The SMILES string of the molecule is O=C1NC(Cc2c[nH]c3c(Cl)cccc23)C(=O)N1Cc1ccc(F)cc1Cl. The molecule has 3 aromatic rings. The van der Waals surface area contributed by atoms with E-state index in [1.165, 1.54) is 12.1 Å². The third-order valence-corrected chi connectivity index (χ3v) is 5.29. The quantitative estimate of drug-likeness (QED) is 0.636. The van der Waals surface area contributed by atoms with Crippen molar-refractivity contribution in [1.82, 2.24) is 15.2 Å². The van der Waals surface area contributed by atoms with Gasteiger partial charge in [-0.25, -0.2) is 9.18 Å². The first-order valence-electron chi connectivity index (χ1n) is 8.24. The smallest absolute Gasteiger partial charge is 0.325 e. The normalized spacial score (nSPS) is 17.0. The number of halogens is 3. The molecule has 5 nitrogen and oxygen atoms in total. The second kappa shape index (κ2) is 6.87. The lowest BCUT2D eigenvalue weighted by Gasteiger charge is -2.14. The summed E-state index contributed by atoms with van der Waals surface area (Å²) in [5.41, 5.74) is 2.18. The molecule has 27 heavy (non-hydrogen) atoms. The summed E-state index contributed by atoms with van der Waals surface area (Å²) in [6.45, 7) is -0.0139. The van der Waals surface area contributed by atoms with Crippen LogP contribution in [0.2, 0.25) is 10.0 Å². The van der Waals surface area contributed by atoms with E-state index >= 15 is 0 Å². The van der Waals surface area contributed by atoms with Gasteiger partial charge in [0.25, 0.3) is 5.91 Å². The summed E-state index contributed by atoms with van der Waals surface area (Å²) in [6, 6.07) is 8.20. The van der Waals surface area contributed by atoms with Gasteiger partial charge in [-0.05, 0) is 29.3 Å². The molecular weight excluding hydrogens is 392 g/mol. The zero-order chi connectivity index (χ0) is 19.1. The Morgan fingerprint density at radius 3 is 2.67 bits per heavy atom. The van der Waals surface area contributed by atoms with E-state index in [4.69, 9.17) is 23.2 Å². The van der Waals surface area contributed by atoms with Crippen molar-refractivity contribution < 1.29 is 14.0 Å². The van der Waals surface area contributed by atoms with E-state index in [0.717, 1.165) is 27.4 Å². The number of fused-ring (bicyclic) bond motifs is 1. The van der Waals surface area contributed by atoms with Crippen LogP contribution in [0.4, 0.5) is 9.18 Å². The van der Waals surface area contributed by atoms with Crippen LogP contribution in [-0.4, -0.2) is 27.9 Å². The highest BCUT2D eigenvalue weighted by Gasteiger charge is 2.38. The summed E-state index contributed by atoms with van der Waals surface area (Å²) in [5.74, 6) is -0.825. The Morgan fingerprint density at radius 2 is 1.89 bits per heavy atom. The van der Waals surface area contributed by atoms with E-state index in [-0.39, 0.29) is 17.5 Å². The zero-order valence-corrected chi connectivity index (χ0v) is 15.4. The minimum atomic E-state index is -0.685. The van der Waals surface area contributed by atoms with Gasteiger partial charge in [0, 0.05) is 23.0 Å². The average Bonchev–Trinajstić information content (AvgIpc) is 3.15. The highest BCUT2D eigenvalue weighted by Crippen LogP contribution is 2.27. The van der Waals surface area contributed by atoms with E-state index in [9.17, 15) is 14.0 Å². The zero-order valence-electron chi connectivity index (χ0n) is 13.9. The van der Waals surface area contributed by atoms with Crippen molar-refractivity contribution in [3.05, 3.63) is 69.6 Å². The highest BCUT2D eigenvalue weighted by atomic mass is 35.5. The first-order chi connectivity index (χ1) is 12.9. The Bertz CT molecular complexity index is 1070. The molecule has 2 heterocycles. The van der Waals surface area contributed by atoms with Crippen molar-refractivity contribution in [2.24, 2.45) is 0 Å². The second-order valence-electron chi connectivity index (χ2n) is 6.34. The van der Waals surface area contributed by atoms with Crippen LogP contribution < -0.4 is 5.32 Å². The third-order valence-electron chi connectivity index (χ3n) is 4.62. The molecule has 1 aliphatic heterocycles. The fraction of sp³-hybridized carbons (Fsp3) is 0.158. The van der Waals surface area contributed by atoms with Crippen LogP contribution in [0.15, 0.2) is 42.6 Å². The fourth-order valence-corrected chi connectivity index (χ4v) is 3.71. The number of nitrogens with one attached hydrogen (secondary N) is 2. The number of nitrogens with zero attached hydrogens (tertiary/aromatic N) is 1.